The third-order valence-electron chi connectivity index (χ3n) is 2.21. The van der Waals surface area contributed by atoms with Gasteiger partial charge in [0.15, 0.2) is 6.04 Å². The van der Waals surface area contributed by atoms with Crippen molar-refractivity contribution in [2.75, 3.05) is 0 Å². The average Bonchev–Trinajstić information content (AvgIpc) is 2.34. The summed E-state index contributed by atoms with van der Waals surface area (Å²) in [6.07, 6.45) is -0.783. The number of carbonyl (C=O) groups excluding carboxylic acids is 1. The van der Waals surface area contributed by atoms with Crippen LogP contribution in [0, 0.1) is 0 Å². The van der Waals surface area contributed by atoms with Crippen LogP contribution in [0.2, 0.25) is 0 Å². The lowest BCUT2D eigenvalue weighted by Gasteiger charge is -2.14. The number of nitrogens with one attached hydrogen (secondary N) is 1. The van der Waals surface area contributed by atoms with Crippen LogP contribution >= 0.6 is 0 Å². The van der Waals surface area contributed by atoms with Gasteiger partial charge in [0.05, 0.1) is 0 Å². The average molecular weight is 249 g/mol. The largest absolute Gasteiger partial charge is 0.479 e. The fourth-order valence-corrected chi connectivity index (χ4v) is 1.28. The lowest BCUT2D eigenvalue weighted by atomic mass is 10.1. The molecule has 1 atom stereocenters. The molecular formula is C13H15NO4. The molecule has 0 aliphatic rings. The van der Waals surface area contributed by atoms with Crippen molar-refractivity contribution in [3.05, 3.63) is 48.0 Å². The number of hydrogen-bond acceptors (Lipinski definition) is 3. The van der Waals surface area contributed by atoms with Gasteiger partial charge in [-0.1, -0.05) is 36.9 Å². The van der Waals surface area contributed by atoms with Gasteiger partial charge in [-0.05, 0) is 18.1 Å². The fraction of sp³-hybridized carbons (Fsp3) is 0.231. The van der Waals surface area contributed by atoms with E-state index in [1.54, 1.807) is 12.1 Å². The second-order valence-corrected chi connectivity index (χ2v) is 3.82. The Morgan fingerprint density at radius 2 is 2.00 bits per heavy atom. The van der Waals surface area contributed by atoms with E-state index < -0.39 is 18.1 Å². The molecule has 5 heteroatoms. The predicted molar refractivity (Wildman–Crippen MR) is 66.0 cm³/mol. The Kier molecular flexibility index (Phi) is 4.92. The number of alkyl carbamates (subject to hydrolysis) is 1. The SMILES string of the molecule is C=C(C)C(NC(=O)OCc1ccccc1)C(=O)O. The second-order valence-electron chi connectivity index (χ2n) is 3.82. The molecule has 0 saturated carbocycles. The van der Waals surface area contributed by atoms with Crippen LogP contribution in [0.3, 0.4) is 0 Å². The highest BCUT2D eigenvalue weighted by atomic mass is 16.5. The van der Waals surface area contributed by atoms with Crippen LogP contribution in [0.5, 0.6) is 0 Å². The van der Waals surface area contributed by atoms with Gasteiger partial charge in [0.25, 0.3) is 0 Å². The first-order valence-corrected chi connectivity index (χ1v) is 5.36. The van der Waals surface area contributed by atoms with Gasteiger partial charge >= 0.3 is 12.1 Å². The van der Waals surface area contributed by atoms with Crippen molar-refractivity contribution in [1.82, 2.24) is 5.32 Å². The van der Waals surface area contributed by atoms with Crippen molar-refractivity contribution in [2.24, 2.45) is 0 Å². The minimum atomic E-state index is -1.17. The first kappa shape index (κ1) is 13.8. The number of rotatable bonds is 5. The van der Waals surface area contributed by atoms with E-state index in [2.05, 4.69) is 11.9 Å². The van der Waals surface area contributed by atoms with Gasteiger partial charge in [-0.3, -0.25) is 0 Å². The van der Waals surface area contributed by atoms with Gasteiger partial charge in [0.2, 0.25) is 0 Å². The standard InChI is InChI=1S/C13H15NO4/c1-9(2)11(12(15)16)14-13(17)18-8-10-6-4-3-5-7-10/h3-7,11H,1,8H2,2H3,(H,14,17)(H,15,16). The van der Waals surface area contributed by atoms with Crippen LogP contribution in [-0.2, 0) is 16.1 Å². The Hall–Kier alpha value is -2.30. The number of carbonyl (C=O) groups is 2. The van der Waals surface area contributed by atoms with Crippen molar-refractivity contribution in [2.45, 2.75) is 19.6 Å². The Morgan fingerprint density at radius 1 is 1.39 bits per heavy atom. The van der Waals surface area contributed by atoms with E-state index in [-0.39, 0.29) is 6.61 Å². The highest BCUT2D eigenvalue weighted by Gasteiger charge is 2.20. The zero-order valence-electron chi connectivity index (χ0n) is 10.1. The molecule has 0 heterocycles. The molecule has 0 spiro atoms. The van der Waals surface area contributed by atoms with Gasteiger partial charge in [-0.2, -0.15) is 0 Å². The lowest BCUT2D eigenvalue weighted by molar-refractivity contribution is -0.138. The molecule has 0 saturated heterocycles. The topological polar surface area (TPSA) is 75.6 Å². The van der Waals surface area contributed by atoms with Crippen LogP contribution in [0.1, 0.15) is 12.5 Å². The summed E-state index contributed by atoms with van der Waals surface area (Å²) in [4.78, 5) is 22.2. The molecule has 0 aliphatic carbocycles. The maximum atomic E-state index is 11.4. The maximum Gasteiger partial charge on any atom is 0.408 e. The molecule has 1 amide bonds. The van der Waals surface area contributed by atoms with Crippen molar-refractivity contribution < 1.29 is 19.4 Å². The molecule has 0 aliphatic heterocycles. The Morgan fingerprint density at radius 3 is 2.50 bits per heavy atom. The third kappa shape index (κ3) is 4.29. The van der Waals surface area contributed by atoms with Crippen LogP contribution in [0.25, 0.3) is 0 Å². The molecule has 2 N–H and O–H groups in total. The molecule has 0 aromatic heterocycles. The van der Waals surface area contributed by atoms with Gasteiger partial charge < -0.3 is 15.2 Å². The summed E-state index contributed by atoms with van der Waals surface area (Å²) in [5.41, 5.74) is 1.16. The third-order valence-corrected chi connectivity index (χ3v) is 2.21. The lowest BCUT2D eigenvalue weighted by Crippen LogP contribution is -2.41. The van der Waals surface area contributed by atoms with Gasteiger partial charge in [-0.15, -0.1) is 0 Å². The smallest absolute Gasteiger partial charge is 0.408 e. The van der Waals surface area contributed by atoms with Crippen molar-refractivity contribution >= 4 is 12.1 Å². The summed E-state index contributed by atoms with van der Waals surface area (Å²) in [6, 6.07) is 7.98. The first-order chi connectivity index (χ1) is 8.50. The predicted octanol–water partition coefficient (Wildman–Crippen LogP) is 1.94. The number of amides is 1. The summed E-state index contributed by atoms with van der Waals surface area (Å²) < 4.78 is 4.90. The van der Waals surface area contributed by atoms with Gasteiger partial charge in [0, 0.05) is 0 Å². The van der Waals surface area contributed by atoms with Gasteiger partial charge in [-0.25, -0.2) is 9.59 Å². The Balaban J connectivity index is 2.46. The number of hydrogen-bond donors (Lipinski definition) is 2. The van der Waals surface area contributed by atoms with Crippen LogP contribution in [-0.4, -0.2) is 23.2 Å². The molecule has 1 rings (SSSR count). The zero-order valence-corrected chi connectivity index (χ0v) is 10.1. The number of benzene rings is 1. The number of aliphatic carboxylic acids is 1. The molecule has 0 radical (unpaired) electrons. The molecule has 1 unspecified atom stereocenters. The summed E-state index contributed by atoms with van der Waals surface area (Å²) in [5.74, 6) is -1.17. The number of carboxylic acid groups (broad SMARTS) is 1. The van der Waals surface area contributed by atoms with E-state index in [9.17, 15) is 9.59 Å². The molecule has 0 fully saturated rings. The molecule has 96 valence electrons. The number of ether oxygens (including phenoxy) is 1. The summed E-state index contributed by atoms with van der Waals surface area (Å²) in [5, 5.41) is 11.1. The van der Waals surface area contributed by atoms with E-state index in [0.717, 1.165) is 5.56 Å². The molecule has 1 aromatic rings. The minimum absolute atomic E-state index is 0.0925. The Labute approximate surface area is 105 Å². The molecule has 5 nitrogen and oxygen atoms in total. The first-order valence-electron chi connectivity index (χ1n) is 5.36. The van der Waals surface area contributed by atoms with E-state index in [1.807, 2.05) is 18.2 Å². The molecule has 1 aromatic carbocycles. The van der Waals surface area contributed by atoms with Crippen LogP contribution in [0.15, 0.2) is 42.5 Å². The van der Waals surface area contributed by atoms with Crippen molar-refractivity contribution in [3.63, 3.8) is 0 Å². The van der Waals surface area contributed by atoms with Crippen LogP contribution < -0.4 is 5.32 Å². The maximum absolute atomic E-state index is 11.4. The monoisotopic (exact) mass is 249 g/mol. The quantitative estimate of drug-likeness (QED) is 0.782. The summed E-state index contributed by atoms with van der Waals surface area (Å²) >= 11 is 0. The van der Waals surface area contributed by atoms with E-state index >= 15 is 0 Å². The Bertz CT molecular complexity index is 428. The fourth-order valence-electron chi connectivity index (χ4n) is 1.28. The normalized spacial score (nSPS) is 11.4. The summed E-state index contributed by atoms with van der Waals surface area (Å²) in [6.45, 7) is 5.11. The summed E-state index contributed by atoms with van der Waals surface area (Å²) in [7, 11) is 0. The minimum Gasteiger partial charge on any atom is -0.479 e. The zero-order chi connectivity index (χ0) is 13.5. The second kappa shape index (κ2) is 6.44. The highest BCUT2D eigenvalue weighted by Crippen LogP contribution is 2.02. The van der Waals surface area contributed by atoms with Crippen molar-refractivity contribution in [1.29, 1.82) is 0 Å². The molecular weight excluding hydrogens is 234 g/mol. The number of carboxylic acids is 1. The van der Waals surface area contributed by atoms with Crippen LogP contribution in [0.4, 0.5) is 4.79 Å². The van der Waals surface area contributed by atoms with E-state index in [0.29, 0.717) is 5.57 Å². The van der Waals surface area contributed by atoms with E-state index in [1.165, 1.54) is 6.92 Å². The molecule has 18 heavy (non-hydrogen) atoms. The van der Waals surface area contributed by atoms with E-state index in [4.69, 9.17) is 9.84 Å². The molecule has 0 bridgehead atoms. The van der Waals surface area contributed by atoms with Crippen molar-refractivity contribution in [3.8, 4) is 0 Å². The van der Waals surface area contributed by atoms with Gasteiger partial charge in [0.1, 0.15) is 6.61 Å². The highest BCUT2D eigenvalue weighted by molar-refractivity contribution is 5.82.